The summed E-state index contributed by atoms with van der Waals surface area (Å²) in [5.74, 6) is -0.169. The van der Waals surface area contributed by atoms with Crippen LogP contribution < -0.4 is 20.9 Å². The van der Waals surface area contributed by atoms with Crippen LogP contribution in [0.25, 0.3) is 11.1 Å². The van der Waals surface area contributed by atoms with Crippen molar-refractivity contribution < 1.29 is 35.8 Å². The highest BCUT2D eigenvalue weighted by Crippen LogP contribution is 2.40. The van der Waals surface area contributed by atoms with Gasteiger partial charge in [0.05, 0.1) is 12.7 Å². The Kier molecular flexibility index (Phi) is 8.45. The molecule has 200 valence electrons. The predicted molar refractivity (Wildman–Crippen MR) is 135 cm³/mol. The normalized spacial score (nSPS) is 11.4. The maximum absolute atomic E-state index is 13.1. The minimum absolute atomic E-state index is 0.0365. The van der Waals surface area contributed by atoms with Crippen molar-refractivity contribution in [3.8, 4) is 28.4 Å². The van der Waals surface area contributed by atoms with Gasteiger partial charge in [0.15, 0.2) is 0 Å². The molecule has 10 heteroatoms. The highest BCUT2D eigenvalue weighted by molar-refractivity contribution is 5.64. The van der Waals surface area contributed by atoms with Gasteiger partial charge in [-0.2, -0.15) is 26.3 Å². The molecule has 0 amide bonds. The fraction of sp³-hybridized carbons (Fsp3) is 0.143. The van der Waals surface area contributed by atoms with Gasteiger partial charge in [-0.05, 0) is 66.6 Å². The zero-order chi connectivity index (χ0) is 28.1. The first-order valence-corrected chi connectivity index (χ1v) is 11.1. The average molecular weight is 535 g/mol. The van der Waals surface area contributed by atoms with Crippen LogP contribution in [0.5, 0.6) is 17.2 Å². The number of anilines is 2. The zero-order valence-electron chi connectivity index (χ0n) is 20.3. The molecular weight excluding hydrogens is 510 g/mol. The molecule has 4 aromatic carbocycles. The molecule has 4 aromatic rings. The van der Waals surface area contributed by atoms with Crippen molar-refractivity contribution in [2.75, 3.05) is 18.6 Å². The summed E-state index contributed by atoms with van der Waals surface area (Å²) in [6.07, 6.45) is -8.97. The zero-order valence-corrected chi connectivity index (χ0v) is 20.3. The number of halogens is 6. The third-order valence-corrected chi connectivity index (χ3v) is 5.30. The summed E-state index contributed by atoms with van der Waals surface area (Å²) >= 11 is 0. The van der Waals surface area contributed by atoms with E-state index in [1.165, 1.54) is 31.4 Å². The molecule has 0 radical (unpaired) electrons. The van der Waals surface area contributed by atoms with Crippen LogP contribution in [-0.4, -0.2) is 7.11 Å². The molecule has 0 heterocycles. The Morgan fingerprint density at radius 3 is 1.45 bits per heavy atom. The number of rotatable bonds is 4. The van der Waals surface area contributed by atoms with Gasteiger partial charge in [0, 0.05) is 11.4 Å². The minimum Gasteiger partial charge on any atom is -0.496 e. The van der Waals surface area contributed by atoms with E-state index in [1.807, 2.05) is 43.3 Å². The molecule has 0 saturated carbocycles. The Balaban J connectivity index is 0.000000260. The maximum Gasteiger partial charge on any atom is 0.420 e. The first-order valence-electron chi connectivity index (χ1n) is 11.1. The van der Waals surface area contributed by atoms with E-state index < -0.39 is 23.5 Å². The summed E-state index contributed by atoms with van der Waals surface area (Å²) in [4.78, 5) is 0. The number of alkyl halides is 6. The lowest BCUT2D eigenvalue weighted by molar-refractivity contribution is -0.139. The highest BCUT2D eigenvalue weighted by atomic mass is 19.4. The first kappa shape index (κ1) is 28.2. The molecule has 0 spiro atoms. The quantitative estimate of drug-likeness (QED) is 0.204. The number of hydrogen-bond acceptors (Lipinski definition) is 4. The molecule has 0 aliphatic carbocycles. The van der Waals surface area contributed by atoms with Crippen molar-refractivity contribution in [3.05, 3.63) is 102 Å². The molecule has 0 atom stereocenters. The van der Waals surface area contributed by atoms with Crippen LogP contribution in [0.1, 0.15) is 16.7 Å². The minimum atomic E-state index is -4.54. The molecule has 0 aliphatic heterocycles. The van der Waals surface area contributed by atoms with Gasteiger partial charge < -0.3 is 20.9 Å². The van der Waals surface area contributed by atoms with Crippen molar-refractivity contribution in [2.45, 2.75) is 19.3 Å². The third kappa shape index (κ3) is 7.34. The Morgan fingerprint density at radius 1 is 0.579 bits per heavy atom. The van der Waals surface area contributed by atoms with Crippen LogP contribution in [0.4, 0.5) is 37.7 Å². The number of hydrogen-bond donors (Lipinski definition) is 2. The number of aryl methyl sites for hydroxylation is 1. The summed E-state index contributed by atoms with van der Waals surface area (Å²) in [6.45, 7) is 2.01. The molecular formula is C28H24F6N2O2. The summed E-state index contributed by atoms with van der Waals surface area (Å²) in [5.41, 5.74) is 12.2. The van der Waals surface area contributed by atoms with E-state index in [2.05, 4.69) is 4.74 Å². The van der Waals surface area contributed by atoms with E-state index in [0.29, 0.717) is 5.75 Å². The summed E-state index contributed by atoms with van der Waals surface area (Å²) in [5, 5.41) is 0. The van der Waals surface area contributed by atoms with Crippen molar-refractivity contribution >= 4 is 11.4 Å². The first-order chi connectivity index (χ1) is 17.8. The Hall–Kier alpha value is -4.34. The van der Waals surface area contributed by atoms with Gasteiger partial charge in [0.1, 0.15) is 22.8 Å². The topological polar surface area (TPSA) is 70.5 Å². The van der Waals surface area contributed by atoms with E-state index in [9.17, 15) is 26.3 Å². The number of methoxy groups -OCH3 is 1. The van der Waals surface area contributed by atoms with Crippen molar-refractivity contribution in [1.29, 1.82) is 0 Å². The van der Waals surface area contributed by atoms with Crippen LogP contribution in [0.15, 0.2) is 84.9 Å². The van der Waals surface area contributed by atoms with Crippen LogP contribution >= 0.6 is 0 Å². The van der Waals surface area contributed by atoms with Crippen molar-refractivity contribution in [2.24, 2.45) is 0 Å². The molecule has 0 fully saturated rings. The Labute approximate surface area is 215 Å². The van der Waals surface area contributed by atoms with Crippen molar-refractivity contribution in [3.63, 3.8) is 0 Å². The summed E-state index contributed by atoms with van der Waals surface area (Å²) in [6, 6.07) is 21.8. The van der Waals surface area contributed by atoms with Crippen LogP contribution in [0.2, 0.25) is 0 Å². The van der Waals surface area contributed by atoms with Crippen LogP contribution in [0.3, 0.4) is 0 Å². The van der Waals surface area contributed by atoms with Gasteiger partial charge in [-0.15, -0.1) is 0 Å². The average Bonchev–Trinajstić information content (AvgIpc) is 2.85. The second-order valence-corrected chi connectivity index (χ2v) is 8.20. The monoisotopic (exact) mass is 534 g/mol. The van der Waals surface area contributed by atoms with E-state index in [1.54, 1.807) is 12.1 Å². The second-order valence-electron chi connectivity index (χ2n) is 8.20. The van der Waals surface area contributed by atoms with E-state index >= 15 is 0 Å². The van der Waals surface area contributed by atoms with Gasteiger partial charge in [-0.3, -0.25) is 0 Å². The lowest BCUT2D eigenvalue weighted by Gasteiger charge is -2.14. The van der Waals surface area contributed by atoms with Crippen LogP contribution in [0, 0.1) is 6.92 Å². The van der Waals surface area contributed by atoms with E-state index in [4.69, 9.17) is 16.2 Å². The van der Waals surface area contributed by atoms with Gasteiger partial charge in [-0.1, -0.05) is 42.0 Å². The van der Waals surface area contributed by atoms with E-state index in [-0.39, 0.29) is 22.9 Å². The Bertz CT molecular complexity index is 1370. The van der Waals surface area contributed by atoms with E-state index in [0.717, 1.165) is 28.8 Å². The number of ether oxygens (including phenoxy) is 2. The molecule has 0 unspecified atom stereocenters. The van der Waals surface area contributed by atoms with Gasteiger partial charge in [-0.25, -0.2) is 0 Å². The molecule has 4 nitrogen and oxygen atoms in total. The Morgan fingerprint density at radius 2 is 1.00 bits per heavy atom. The molecule has 4 rings (SSSR count). The standard InChI is InChI=1S/C20H16F3NO.C8H8F3NO/c1-13-2-4-14(5-3-13)15-6-9-17(10-7-15)25-19-11-8-16(24)12-18(19)20(21,22)23;1-13-7-3-2-5(12)4-6(7)8(9,10)11/h2-12H,24H2,1H3;2-4H,12H2,1H3. The fourth-order valence-electron chi connectivity index (χ4n) is 3.39. The lowest BCUT2D eigenvalue weighted by Crippen LogP contribution is -2.08. The molecule has 38 heavy (non-hydrogen) atoms. The lowest BCUT2D eigenvalue weighted by atomic mass is 10.0. The SMILES string of the molecule is COc1ccc(N)cc1C(F)(F)F.Cc1ccc(-c2ccc(Oc3ccc(N)cc3C(F)(F)F)cc2)cc1. The number of nitrogens with two attached hydrogens (primary N) is 2. The summed E-state index contributed by atoms with van der Waals surface area (Å²) in [7, 11) is 1.18. The highest BCUT2D eigenvalue weighted by Gasteiger charge is 2.35. The molecule has 0 saturated heterocycles. The van der Waals surface area contributed by atoms with Gasteiger partial charge in [0.25, 0.3) is 0 Å². The van der Waals surface area contributed by atoms with Crippen LogP contribution in [-0.2, 0) is 12.4 Å². The molecule has 0 aliphatic rings. The second kappa shape index (κ2) is 11.4. The van der Waals surface area contributed by atoms with Crippen molar-refractivity contribution in [1.82, 2.24) is 0 Å². The fourth-order valence-corrected chi connectivity index (χ4v) is 3.39. The smallest absolute Gasteiger partial charge is 0.420 e. The molecule has 4 N–H and O–H groups in total. The number of benzene rings is 4. The van der Waals surface area contributed by atoms with Gasteiger partial charge >= 0.3 is 12.4 Å². The van der Waals surface area contributed by atoms with Gasteiger partial charge in [0.2, 0.25) is 0 Å². The predicted octanol–water partition coefficient (Wildman–Crippen LogP) is 8.35. The largest absolute Gasteiger partial charge is 0.496 e. The number of nitrogen functional groups attached to an aromatic ring is 2. The third-order valence-electron chi connectivity index (χ3n) is 5.30. The molecule has 0 aromatic heterocycles. The summed E-state index contributed by atoms with van der Waals surface area (Å²) < 4.78 is 86.2. The molecule has 0 bridgehead atoms. The maximum atomic E-state index is 13.1.